The number of nitrogen functional groups attached to an aromatic ring is 1. The van der Waals surface area contributed by atoms with Crippen LogP contribution < -0.4 is 11.1 Å². The molecule has 0 spiro atoms. The smallest absolute Gasteiger partial charge is 0.222 e. The molecule has 14 heavy (non-hydrogen) atoms. The standard InChI is InChI=1S/C8H10Cl2N4/c1-12-4-2-3-5-6(9)13-8(11)14-7(5)10/h2-3,12H,4H2,1H3,(H2,11,13,14). The highest BCUT2D eigenvalue weighted by Gasteiger charge is 2.06. The molecule has 0 saturated heterocycles. The van der Waals surface area contributed by atoms with Gasteiger partial charge < -0.3 is 11.1 Å². The van der Waals surface area contributed by atoms with Gasteiger partial charge in [-0.3, -0.25) is 0 Å². The van der Waals surface area contributed by atoms with Gasteiger partial charge in [0.2, 0.25) is 5.95 Å². The summed E-state index contributed by atoms with van der Waals surface area (Å²) in [5.74, 6) is 0.0748. The number of rotatable bonds is 3. The molecular weight excluding hydrogens is 223 g/mol. The minimum Gasteiger partial charge on any atom is -0.368 e. The molecule has 0 unspecified atom stereocenters. The van der Waals surface area contributed by atoms with E-state index in [1.165, 1.54) is 0 Å². The summed E-state index contributed by atoms with van der Waals surface area (Å²) in [6.45, 7) is 0.719. The summed E-state index contributed by atoms with van der Waals surface area (Å²) in [6.07, 6.45) is 3.62. The quantitative estimate of drug-likeness (QED) is 0.778. The number of nitrogens with two attached hydrogens (primary N) is 1. The molecule has 1 aromatic heterocycles. The molecule has 0 aromatic carbocycles. The van der Waals surface area contributed by atoms with E-state index in [-0.39, 0.29) is 16.3 Å². The lowest BCUT2D eigenvalue weighted by atomic mass is 10.3. The zero-order valence-electron chi connectivity index (χ0n) is 7.59. The number of likely N-dealkylation sites (N-methyl/N-ethyl adjacent to an activating group) is 1. The lowest BCUT2D eigenvalue weighted by Crippen LogP contribution is -2.04. The largest absolute Gasteiger partial charge is 0.368 e. The Morgan fingerprint density at radius 2 is 1.93 bits per heavy atom. The molecule has 3 N–H and O–H groups in total. The molecule has 0 amide bonds. The third-order valence-electron chi connectivity index (χ3n) is 1.48. The first-order valence-electron chi connectivity index (χ1n) is 3.94. The van der Waals surface area contributed by atoms with Crippen molar-refractivity contribution in [3.63, 3.8) is 0 Å². The fraction of sp³-hybridized carbons (Fsp3) is 0.250. The van der Waals surface area contributed by atoms with E-state index in [1.807, 2.05) is 13.1 Å². The molecule has 0 atom stereocenters. The normalized spacial score (nSPS) is 11.1. The fourth-order valence-corrected chi connectivity index (χ4v) is 1.39. The van der Waals surface area contributed by atoms with Gasteiger partial charge in [0, 0.05) is 12.1 Å². The maximum atomic E-state index is 5.83. The lowest BCUT2D eigenvalue weighted by Gasteiger charge is -2.01. The van der Waals surface area contributed by atoms with Crippen molar-refractivity contribution < 1.29 is 0 Å². The molecule has 0 bridgehead atoms. The van der Waals surface area contributed by atoms with Crippen LogP contribution >= 0.6 is 23.2 Å². The minimum absolute atomic E-state index is 0.0748. The summed E-state index contributed by atoms with van der Waals surface area (Å²) < 4.78 is 0. The van der Waals surface area contributed by atoms with Crippen LogP contribution in [0, 0.1) is 0 Å². The second-order valence-corrected chi connectivity index (χ2v) is 3.25. The van der Waals surface area contributed by atoms with Gasteiger partial charge in [-0.05, 0) is 7.05 Å². The third kappa shape index (κ3) is 2.83. The number of halogens is 2. The van der Waals surface area contributed by atoms with E-state index in [0.29, 0.717) is 5.56 Å². The van der Waals surface area contributed by atoms with Gasteiger partial charge in [-0.2, -0.15) is 0 Å². The van der Waals surface area contributed by atoms with Crippen molar-refractivity contribution in [1.29, 1.82) is 0 Å². The highest BCUT2D eigenvalue weighted by molar-refractivity contribution is 6.35. The van der Waals surface area contributed by atoms with Gasteiger partial charge in [-0.1, -0.05) is 35.4 Å². The van der Waals surface area contributed by atoms with Crippen LogP contribution in [0.25, 0.3) is 6.08 Å². The van der Waals surface area contributed by atoms with Gasteiger partial charge in [0.25, 0.3) is 0 Å². The zero-order valence-corrected chi connectivity index (χ0v) is 9.10. The van der Waals surface area contributed by atoms with Gasteiger partial charge in [-0.25, -0.2) is 9.97 Å². The monoisotopic (exact) mass is 232 g/mol. The Bertz CT molecular complexity index is 328. The summed E-state index contributed by atoms with van der Waals surface area (Å²) in [5, 5.41) is 3.47. The number of hydrogen-bond acceptors (Lipinski definition) is 4. The Labute approximate surface area is 92.1 Å². The molecule has 0 radical (unpaired) electrons. The number of anilines is 1. The summed E-state index contributed by atoms with van der Waals surface area (Å²) in [5.41, 5.74) is 5.94. The predicted molar refractivity (Wildman–Crippen MR) is 59.4 cm³/mol. The zero-order chi connectivity index (χ0) is 10.6. The van der Waals surface area contributed by atoms with Gasteiger partial charge >= 0.3 is 0 Å². The minimum atomic E-state index is 0.0748. The predicted octanol–water partition coefficient (Wildman–Crippen LogP) is 1.60. The van der Waals surface area contributed by atoms with E-state index in [2.05, 4.69) is 15.3 Å². The molecule has 1 rings (SSSR count). The fourth-order valence-electron chi connectivity index (χ4n) is 0.864. The van der Waals surface area contributed by atoms with Crippen LogP contribution in [0.1, 0.15) is 5.56 Å². The molecular formula is C8H10Cl2N4. The van der Waals surface area contributed by atoms with Crippen LogP contribution in [0.4, 0.5) is 5.95 Å². The lowest BCUT2D eigenvalue weighted by molar-refractivity contribution is 0.922. The number of aromatic nitrogens is 2. The number of hydrogen-bond donors (Lipinski definition) is 2. The van der Waals surface area contributed by atoms with Crippen molar-refractivity contribution >= 4 is 35.2 Å². The van der Waals surface area contributed by atoms with E-state index >= 15 is 0 Å². The van der Waals surface area contributed by atoms with Crippen LogP contribution in [-0.2, 0) is 0 Å². The average Bonchev–Trinajstić information content (AvgIpc) is 2.09. The van der Waals surface area contributed by atoms with E-state index in [0.717, 1.165) is 6.54 Å². The van der Waals surface area contributed by atoms with E-state index in [4.69, 9.17) is 28.9 Å². The van der Waals surface area contributed by atoms with Gasteiger partial charge in [0.15, 0.2) is 0 Å². The Morgan fingerprint density at radius 1 is 1.36 bits per heavy atom. The Morgan fingerprint density at radius 3 is 2.43 bits per heavy atom. The number of nitrogens with one attached hydrogen (secondary N) is 1. The molecule has 4 nitrogen and oxygen atoms in total. The average molecular weight is 233 g/mol. The van der Waals surface area contributed by atoms with Gasteiger partial charge in [-0.15, -0.1) is 0 Å². The first kappa shape index (κ1) is 11.2. The molecule has 76 valence electrons. The summed E-state index contributed by atoms with van der Waals surface area (Å²) >= 11 is 11.7. The molecule has 0 saturated carbocycles. The van der Waals surface area contributed by atoms with Crippen LogP contribution in [0.2, 0.25) is 10.3 Å². The molecule has 0 aliphatic heterocycles. The second kappa shape index (κ2) is 5.14. The van der Waals surface area contributed by atoms with Crippen molar-refractivity contribution in [2.75, 3.05) is 19.3 Å². The highest BCUT2D eigenvalue weighted by atomic mass is 35.5. The molecule has 6 heteroatoms. The third-order valence-corrected chi connectivity index (χ3v) is 2.05. The first-order chi connectivity index (χ1) is 6.65. The van der Waals surface area contributed by atoms with Crippen molar-refractivity contribution in [2.45, 2.75) is 0 Å². The van der Waals surface area contributed by atoms with Crippen LogP contribution in [0.5, 0.6) is 0 Å². The first-order valence-corrected chi connectivity index (χ1v) is 4.70. The maximum Gasteiger partial charge on any atom is 0.222 e. The molecule has 0 fully saturated rings. The Balaban J connectivity index is 2.96. The maximum absolute atomic E-state index is 5.83. The SMILES string of the molecule is CNCC=Cc1c(Cl)nc(N)nc1Cl. The summed E-state index contributed by atoms with van der Waals surface area (Å²) in [6, 6.07) is 0. The molecule has 0 aliphatic carbocycles. The number of nitrogens with zero attached hydrogens (tertiary/aromatic N) is 2. The van der Waals surface area contributed by atoms with Crippen molar-refractivity contribution in [1.82, 2.24) is 15.3 Å². The van der Waals surface area contributed by atoms with Crippen LogP contribution in [0.3, 0.4) is 0 Å². The topological polar surface area (TPSA) is 63.8 Å². The van der Waals surface area contributed by atoms with E-state index in [1.54, 1.807) is 6.08 Å². The Kier molecular flexibility index (Phi) is 4.13. The summed E-state index contributed by atoms with van der Waals surface area (Å²) in [7, 11) is 1.84. The molecule has 1 aromatic rings. The van der Waals surface area contributed by atoms with Crippen molar-refractivity contribution in [3.05, 3.63) is 21.9 Å². The van der Waals surface area contributed by atoms with Crippen molar-refractivity contribution in [2.24, 2.45) is 0 Å². The van der Waals surface area contributed by atoms with Crippen LogP contribution in [-0.4, -0.2) is 23.6 Å². The second-order valence-electron chi connectivity index (χ2n) is 2.54. The van der Waals surface area contributed by atoms with E-state index < -0.39 is 0 Å². The van der Waals surface area contributed by atoms with Crippen LogP contribution in [0.15, 0.2) is 6.08 Å². The van der Waals surface area contributed by atoms with E-state index in [9.17, 15) is 0 Å². The molecule has 1 heterocycles. The Hall–Kier alpha value is -0.840. The van der Waals surface area contributed by atoms with Gasteiger partial charge in [0.1, 0.15) is 10.3 Å². The molecule has 0 aliphatic rings. The van der Waals surface area contributed by atoms with Crippen molar-refractivity contribution in [3.8, 4) is 0 Å². The van der Waals surface area contributed by atoms with Gasteiger partial charge in [0.05, 0.1) is 0 Å². The highest BCUT2D eigenvalue weighted by Crippen LogP contribution is 2.22. The summed E-state index contributed by atoms with van der Waals surface area (Å²) in [4.78, 5) is 7.58.